The Morgan fingerprint density at radius 1 is 1.39 bits per heavy atom. The molecule has 1 N–H and O–H groups in total. The van der Waals surface area contributed by atoms with Crippen LogP contribution in [0.15, 0.2) is 22.7 Å². The third kappa shape index (κ3) is 4.82. The third-order valence-electron chi connectivity index (χ3n) is 3.08. The zero-order valence-electron chi connectivity index (χ0n) is 11.5. The van der Waals surface area contributed by atoms with E-state index in [1.165, 1.54) is 12.0 Å². The third-order valence-corrected chi connectivity index (χ3v) is 4.74. The highest BCUT2D eigenvalue weighted by atomic mass is 79.9. The van der Waals surface area contributed by atoms with Crippen LogP contribution >= 0.6 is 27.7 Å². The molecular formula is C14H22BrNOS. The molecule has 0 radical (unpaired) electrons. The Balaban J connectivity index is 2.51. The van der Waals surface area contributed by atoms with Crippen LogP contribution in [0.25, 0.3) is 0 Å². The van der Waals surface area contributed by atoms with Crippen molar-refractivity contribution in [1.29, 1.82) is 0 Å². The molecule has 0 heterocycles. The molecule has 0 saturated carbocycles. The molecule has 0 bridgehead atoms. The summed E-state index contributed by atoms with van der Waals surface area (Å²) in [6.07, 6.45) is 3.36. The maximum absolute atomic E-state index is 5.24. The van der Waals surface area contributed by atoms with Crippen molar-refractivity contribution in [3.63, 3.8) is 0 Å². The van der Waals surface area contributed by atoms with Gasteiger partial charge in [-0.2, -0.15) is 11.8 Å². The summed E-state index contributed by atoms with van der Waals surface area (Å²) in [6, 6.07) is 6.59. The quantitative estimate of drug-likeness (QED) is 0.806. The molecule has 2 unspecified atom stereocenters. The number of benzene rings is 1. The lowest BCUT2D eigenvalue weighted by Crippen LogP contribution is -2.21. The first-order chi connectivity index (χ1) is 8.58. The molecule has 1 rings (SSSR count). The van der Waals surface area contributed by atoms with Gasteiger partial charge in [-0.25, -0.2) is 0 Å². The Morgan fingerprint density at radius 2 is 2.11 bits per heavy atom. The Kier molecular flexibility index (Phi) is 7.12. The number of halogens is 1. The van der Waals surface area contributed by atoms with Crippen LogP contribution in [0.5, 0.6) is 5.75 Å². The monoisotopic (exact) mass is 331 g/mol. The Bertz CT molecular complexity index is 373. The number of methoxy groups -OCH3 is 1. The summed E-state index contributed by atoms with van der Waals surface area (Å²) in [4.78, 5) is 0. The van der Waals surface area contributed by atoms with Crippen molar-refractivity contribution >= 4 is 27.7 Å². The molecule has 2 nitrogen and oxygen atoms in total. The Hall–Kier alpha value is -0.190. The number of rotatable bonds is 7. The first kappa shape index (κ1) is 15.9. The molecule has 1 aromatic carbocycles. The SMILES string of the molecule is COc1ccc(C(C)NCCC(C)SC)cc1Br. The van der Waals surface area contributed by atoms with Gasteiger partial charge in [-0.15, -0.1) is 0 Å². The van der Waals surface area contributed by atoms with E-state index >= 15 is 0 Å². The van der Waals surface area contributed by atoms with Crippen molar-refractivity contribution < 1.29 is 4.74 Å². The summed E-state index contributed by atoms with van der Waals surface area (Å²) < 4.78 is 6.24. The van der Waals surface area contributed by atoms with Crippen molar-refractivity contribution in [2.45, 2.75) is 31.6 Å². The minimum Gasteiger partial charge on any atom is -0.496 e. The molecule has 0 saturated heterocycles. The highest BCUT2D eigenvalue weighted by Gasteiger charge is 2.08. The van der Waals surface area contributed by atoms with E-state index in [4.69, 9.17) is 4.74 Å². The summed E-state index contributed by atoms with van der Waals surface area (Å²) in [6.45, 7) is 5.51. The molecule has 0 spiro atoms. The first-order valence-corrected chi connectivity index (χ1v) is 8.26. The minimum atomic E-state index is 0.362. The van der Waals surface area contributed by atoms with Crippen molar-refractivity contribution in [1.82, 2.24) is 5.32 Å². The molecule has 4 heteroatoms. The first-order valence-electron chi connectivity index (χ1n) is 6.18. The van der Waals surface area contributed by atoms with Gasteiger partial charge in [0.05, 0.1) is 11.6 Å². The average molecular weight is 332 g/mol. The van der Waals surface area contributed by atoms with Gasteiger partial charge in [0.25, 0.3) is 0 Å². The second kappa shape index (κ2) is 8.08. The number of hydrogen-bond donors (Lipinski definition) is 1. The normalized spacial score (nSPS) is 14.3. The summed E-state index contributed by atoms with van der Waals surface area (Å²) in [5, 5.41) is 4.27. The van der Waals surface area contributed by atoms with Crippen molar-refractivity contribution in [3.05, 3.63) is 28.2 Å². The van der Waals surface area contributed by atoms with E-state index in [0.29, 0.717) is 11.3 Å². The fourth-order valence-electron chi connectivity index (χ4n) is 1.69. The second-order valence-electron chi connectivity index (χ2n) is 4.40. The molecule has 0 fully saturated rings. The highest BCUT2D eigenvalue weighted by molar-refractivity contribution is 9.10. The molecule has 18 heavy (non-hydrogen) atoms. The largest absolute Gasteiger partial charge is 0.496 e. The number of hydrogen-bond acceptors (Lipinski definition) is 3. The number of ether oxygens (including phenoxy) is 1. The van der Waals surface area contributed by atoms with E-state index in [2.05, 4.69) is 53.5 Å². The van der Waals surface area contributed by atoms with Crippen LogP contribution in [0.1, 0.15) is 31.9 Å². The summed E-state index contributed by atoms with van der Waals surface area (Å²) in [7, 11) is 1.69. The van der Waals surface area contributed by atoms with Gasteiger partial charge < -0.3 is 10.1 Å². The molecule has 0 amide bonds. The van der Waals surface area contributed by atoms with Gasteiger partial charge in [0.1, 0.15) is 5.75 Å². The Labute approximate surface area is 123 Å². The van der Waals surface area contributed by atoms with Crippen LogP contribution in [0.3, 0.4) is 0 Å². The zero-order chi connectivity index (χ0) is 13.5. The predicted octanol–water partition coefficient (Wildman–Crippen LogP) is 4.25. The van der Waals surface area contributed by atoms with Gasteiger partial charge >= 0.3 is 0 Å². The summed E-state index contributed by atoms with van der Waals surface area (Å²) in [5.74, 6) is 0.877. The van der Waals surface area contributed by atoms with Crippen LogP contribution in [-0.4, -0.2) is 25.2 Å². The van der Waals surface area contributed by atoms with Gasteiger partial charge in [-0.1, -0.05) is 13.0 Å². The van der Waals surface area contributed by atoms with Crippen LogP contribution < -0.4 is 10.1 Å². The fraction of sp³-hybridized carbons (Fsp3) is 0.571. The van der Waals surface area contributed by atoms with Gasteiger partial charge in [0.15, 0.2) is 0 Å². The topological polar surface area (TPSA) is 21.3 Å². The van der Waals surface area contributed by atoms with E-state index in [9.17, 15) is 0 Å². The lowest BCUT2D eigenvalue weighted by Gasteiger charge is -2.17. The lowest BCUT2D eigenvalue weighted by atomic mass is 10.1. The average Bonchev–Trinajstić information content (AvgIpc) is 2.38. The molecular weight excluding hydrogens is 310 g/mol. The van der Waals surface area contributed by atoms with Gasteiger partial charge in [-0.3, -0.25) is 0 Å². The van der Waals surface area contributed by atoms with Crippen molar-refractivity contribution in [3.8, 4) is 5.75 Å². The van der Waals surface area contributed by atoms with Gasteiger partial charge in [0.2, 0.25) is 0 Å². The van der Waals surface area contributed by atoms with E-state index in [1.54, 1.807) is 7.11 Å². The lowest BCUT2D eigenvalue weighted by molar-refractivity contribution is 0.411. The van der Waals surface area contributed by atoms with Crippen molar-refractivity contribution in [2.75, 3.05) is 19.9 Å². The van der Waals surface area contributed by atoms with Gasteiger partial charge in [0, 0.05) is 11.3 Å². The highest BCUT2D eigenvalue weighted by Crippen LogP contribution is 2.27. The standard InChI is InChI=1S/C14H22BrNOS/c1-10(18-4)7-8-16-11(2)12-5-6-14(17-3)13(15)9-12/h5-6,9-11,16H,7-8H2,1-4H3. The summed E-state index contributed by atoms with van der Waals surface area (Å²) in [5.41, 5.74) is 1.28. The van der Waals surface area contributed by atoms with Crippen LogP contribution in [0, 0.1) is 0 Å². The van der Waals surface area contributed by atoms with Crippen molar-refractivity contribution in [2.24, 2.45) is 0 Å². The second-order valence-corrected chi connectivity index (χ2v) is 6.54. The molecule has 102 valence electrons. The van der Waals surface area contributed by atoms with E-state index in [-0.39, 0.29) is 0 Å². The van der Waals surface area contributed by atoms with E-state index in [0.717, 1.165) is 16.8 Å². The van der Waals surface area contributed by atoms with E-state index < -0.39 is 0 Å². The van der Waals surface area contributed by atoms with E-state index in [1.807, 2.05) is 17.8 Å². The molecule has 0 aromatic heterocycles. The number of thioether (sulfide) groups is 1. The zero-order valence-corrected chi connectivity index (χ0v) is 13.9. The molecule has 0 aliphatic rings. The summed E-state index contributed by atoms with van der Waals surface area (Å²) >= 11 is 5.44. The number of nitrogens with one attached hydrogen (secondary N) is 1. The molecule has 0 aliphatic heterocycles. The smallest absolute Gasteiger partial charge is 0.133 e. The van der Waals surface area contributed by atoms with Gasteiger partial charge in [-0.05, 0) is 59.8 Å². The maximum atomic E-state index is 5.24. The minimum absolute atomic E-state index is 0.362. The van der Waals surface area contributed by atoms with Crippen LogP contribution in [0.2, 0.25) is 0 Å². The fourth-order valence-corrected chi connectivity index (χ4v) is 2.60. The van der Waals surface area contributed by atoms with Crippen LogP contribution in [0.4, 0.5) is 0 Å². The maximum Gasteiger partial charge on any atom is 0.133 e. The Morgan fingerprint density at radius 3 is 2.67 bits per heavy atom. The molecule has 1 aromatic rings. The van der Waals surface area contributed by atoms with Crippen LogP contribution in [-0.2, 0) is 0 Å². The predicted molar refractivity (Wildman–Crippen MR) is 84.7 cm³/mol. The molecule has 2 atom stereocenters. The molecule has 0 aliphatic carbocycles.